The van der Waals surface area contributed by atoms with Crippen molar-refractivity contribution in [1.82, 2.24) is 19.2 Å². The van der Waals surface area contributed by atoms with Gasteiger partial charge in [-0.1, -0.05) is 12.1 Å². The van der Waals surface area contributed by atoms with Gasteiger partial charge in [0, 0.05) is 19.3 Å². The summed E-state index contributed by atoms with van der Waals surface area (Å²) in [5.41, 5.74) is 1.77. The molecule has 1 N–H and O–H groups in total. The minimum absolute atomic E-state index is 0.0436. The number of halogens is 1. The number of sulfonamides is 1. The number of rotatable bonds is 7. The molecule has 0 aliphatic carbocycles. The Morgan fingerprint density at radius 3 is 2.57 bits per heavy atom. The molecule has 1 amide bonds. The number of benzene rings is 2. The second-order valence-corrected chi connectivity index (χ2v) is 13.7. The van der Waals surface area contributed by atoms with Crippen LogP contribution in [0.3, 0.4) is 0 Å². The predicted molar refractivity (Wildman–Crippen MR) is 155 cm³/mol. The van der Waals surface area contributed by atoms with E-state index in [-0.39, 0.29) is 41.6 Å². The molecular formula is C31H31FN4O7S. The highest BCUT2D eigenvalue weighted by molar-refractivity contribution is 7.89. The summed E-state index contributed by atoms with van der Waals surface area (Å²) in [4.78, 5) is 21.9. The van der Waals surface area contributed by atoms with E-state index >= 15 is 0 Å². The van der Waals surface area contributed by atoms with E-state index in [9.17, 15) is 22.7 Å². The Morgan fingerprint density at radius 2 is 1.86 bits per heavy atom. The SMILES string of the molecule is CC(C)(C)OC(=O)N1CC(Oc2cccc(C(O)c3cc4c(cn3)CN(S(=O)(=O)c3ccc(-c5ncco5)c(F)c3)C4)c2)C1. The number of fused-ring (bicyclic) bond motifs is 1. The monoisotopic (exact) mass is 622 g/mol. The Bertz CT molecular complexity index is 1800. The van der Waals surface area contributed by atoms with Crippen LogP contribution in [0, 0.1) is 5.82 Å². The van der Waals surface area contributed by atoms with Crippen molar-refractivity contribution in [3.05, 3.63) is 95.4 Å². The van der Waals surface area contributed by atoms with E-state index in [0.29, 0.717) is 41.2 Å². The lowest BCUT2D eigenvalue weighted by atomic mass is 10.0. The maximum absolute atomic E-state index is 14.8. The third-order valence-electron chi connectivity index (χ3n) is 7.29. The van der Waals surface area contributed by atoms with Crippen molar-refractivity contribution >= 4 is 16.1 Å². The predicted octanol–water partition coefficient (Wildman–Crippen LogP) is 4.66. The second kappa shape index (κ2) is 11.3. The van der Waals surface area contributed by atoms with Gasteiger partial charge in [0.25, 0.3) is 0 Å². The zero-order valence-corrected chi connectivity index (χ0v) is 25.1. The van der Waals surface area contributed by atoms with Crippen molar-refractivity contribution in [2.24, 2.45) is 0 Å². The normalized spacial score (nSPS) is 16.3. The standard InChI is InChI=1S/C31H31FN4O7S/c1-31(2,3)43-30(38)35-17-23(18-35)42-22-6-4-5-19(11-22)28(37)27-12-20-15-36(16-21(20)14-34-27)44(39,40)24-7-8-25(26(32)13-24)29-33-9-10-41-29/h4-14,23,28,37H,15-18H2,1-3H3. The van der Waals surface area contributed by atoms with Crippen molar-refractivity contribution in [3.63, 3.8) is 0 Å². The summed E-state index contributed by atoms with van der Waals surface area (Å²) >= 11 is 0. The number of oxazole rings is 1. The lowest BCUT2D eigenvalue weighted by Gasteiger charge is -2.39. The van der Waals surface area contributed by atoms with Crippen molar-refractivity contribution in [2.45, 2.75) is 56.6 Å². The summed E-state index contributed by atoms with van der Waals surface area (Å²) in [6.07, 6.45) is 2.56. The number of likely N-dealkylation sites (tertiary alicyclic amines) is 1. The number of carbonyl (C=O) groups is 1. The molecule has 1 fully saturated rings. The summed E-state index contributed by atoms with van der Waals surface area (Å²) in [5.74, 6) is -0.168. The van der Waals surface area contributed by atoms with Crippen LogP contribution in [0.25, 0.3) is 11.5 Å². The molecule has 2 aromatic carbocycles. The fourth-order valence-electron chi connectivity index (χ4n) is 5.03. The van der Waals surface area contributed by atoms with Crippen LogP contribution in [0.4, 0.5) is 9.18 Å². The lowest BCUT2D eigenvalue weighted by molar-refractivity contribution is -0.0221. The fourth-order valence-corrected chi connectivity index (χ4v) is 6.44. The first-order valence-corrected chi connectivity index (χ1v) is 15.4. The van der Waals surface area contributed by atoms with E-state index in [1.165, 1.54) is 28.9 Å². The summed E-state index contributed by atoms with van der Waals surface area (Å²) in [6.45, 7) is 6.33. The van der Waals surface area contributed by atoms with Crippen LogP contribution >= 0.6 is 0 Å². The average molecular weight is 623 g/mol. The van der Waals surface area contributed by atoms with Crippen LogP contribution in [0.15, 0.2) is 76.5 Å². The highest BCUT2D eigenvalue weighted by Crippen LogP contribution is 2.33. The van der Waals surface area contributed by atoms with Gasteiger partial charge >= 0.3 is 6.09 Å². The van der Waals surface area contributed by atoms with Gasteiger partial charge in [-0.15, -0.1) is 0 Å². The second-order valence-electron chi connectivity index (χ2n) is 11.7. The van der Waals surface area contributed by atoms with E-state index in [1.54, 1.807) is 41.4 Å². The molecule has 2 aliphatic heterocycles. The number of ether oxygens (including phenoxy) is 2. The molecule has 230 valence electrons. The van der Waals surface area contributed by atoms with Crippen LogP contribution in [-0.4, -0.2) is 63.6 Å². The Kier molecular flexibility index (Phi) is 7.64. The molecular weight excluding hydrogens is 591 g/mol. The fraction of sp³-hybridized carbons (Fsp3) is 0.323. The Hall–Kier alpha value is -4.33. The number of hydrogen-bond donors (Lipinski definition) is 1. The van der Waals surface area contributed by atoms with Crippen LogP contribution in [0.1, 0.15) is 49.3 Å². The highest BCUT2D eigenvalue weighted by Gasteiger charge is 2.36. The third-order valence-corrected chi connectivity index (χ3v) is 9.08. The topological polar surface area (TPSA) is 135 Å². The van der Waals surface area contributed by atoms with Crippen molar-refractivity contribution in [3.8, 4) is 17.2 Å². The summed E-state index contributed by atoms with van der Waals surface area (Å²) in [7, 11) is -4.03. The molecule has 0 bridgehead atoms. The average Bonchev–Trinajstić information content (AvgIpc) is 3.64. The maximum Gasteiger partial charge on any atom is 0.410 e. The van der Waals surface area contributed by atoms with Gasteiger partial charge in [-0.25, -0.2) is 22.6 Å². The Balaban J connectivity index is 1.11. The molecule has 4 heterocycles. The maximum atomic E-state index is 14.8. The van der Waals surface area contributed by atoms with Gasteiger partial charge in [0.05, 0.1) is 35.4 Å². The van der Waals surface area contributed by atoms with Crippen LogP contribution in [-0.2, 0) is 27.8 Å². The van der Waals surface area contributed by atoms with E-state index in [2.05, 4.69) is 9.97 Å². The minimum Gasteiger partial charge on any atom is -0.487 e. The molecule has 6 rings (SSSR count). The number of nitrogens with zero attached hydrogens (tertiary/aromatic N) is 4. The molecule has 1 unspecified atom stereocenters. The van der Waals surface area contributed by atoms with Gasteiger partial charge in [-0.3, -0.25) is 4.98 Å². The van der Waals surface area contributed by atoms with Crippen LogP contribution < -0.4 is 4.74 Å². The smallest absolute Gasteiger partial charge is 0.410 e. The molecule has 11 nitrogen and oxygen atoms in total. The lowest BCUT2D eigenvalue weighted by Crippen LogP contribution is -2.57. The van der Waals surface area contributed by atoms with Gasteiger partial charge < -0.3 is 23.9 Å². The summed E-state index contributed by atoms with van der Waals surface area (Å²) < 4.78 is 59.3. The first-order chi connectivity index (χ1) is 20.9. The molecule has 44 heavy (non-hydrogen) atoms. The molecule has 2 aromatic heterocycles. The molecule has 2 aliphatic rings. The number of hydrogen-bond acceptors (Lipinski definition) is 9. The van der Waals surface area contributed by atoms with E-state index in [0.717, 1.165) is 6.07 Å². The number of aliphatic hydroxyl groups is 1. The minimum atomic E-state index is -4.03. The first kappa shape index (κ1) is 29.7. The number of carbonyl (C=O) groups excluding carboxylic acids is 1. The first-order valence-electron chi connectivity index (χ1n) is 14.0. The van der Waals surface area contributed by atoms with E-state index < -0.39 is 27.5 Å². The van der Waals surface area contributed by atoms with Crippen molar-refractivity contribution in [1.29, 1.82) is 0 Å². The van der Waals surface area contributed by atoms with E-state index in [1.807, 2.05) is 20.8 Å². The highest BCUT2D eigenvalue weighted by atomic mass is 32.2. The summed E-state index contributed by atoms with van der Waals surface area (Å²) in [5, 5.41) is 11.1. The summed E-state index contributed by atoms with van der Waals surface area (Å²) in [6, 6.07) is 12.3. The van der Waals surface area contributed by atoms with Crippen LogP contribution in [0.5, 0.6) is 5.75 Å². The van der Waals surface area contributed by atoms with Gasteiger partial charge in [0.15, 0.2) is 0 Å². The molecule has 13 heteroatoms. The Labute approximate surface area is 253 Å². The number of pyridine rings is 1. The molecule has 0 radical (unpaired) electrons. The quantitative estimate of drug-likeness (QED) is 0.312. The van der Waals surface area contributed by atoms with Gasteiger partial charge in [-0.05, 0) is 73.9 Å². The van der Waals surface area contributed by atoms with Gasteiger partial charge in [0.2, 0.25) is 15.9 Å². The number of amides is 1. The zero-order valence-electron chi connectivity index (χ0n) is 24.3. The van der Waals surface area contributed by atoms with Crippen LogP contribution in [0.2, 0.25) is 0 Å². The molecule has 0 spiro atoms. The van der Waals surface area contributed by atoms with E-state index in [4.69, 9.17) is 13.9 Å². The Morgan fingerprint density at radius 1 is 1.09 bits per heavy atom. The molecule has 1 atom stereocenters. The van der Waals surface area contributed by atoms with Crippen molar-refractivity contribution in [2.75, 3.05) is 13.1 Å². The molecule has 4 aromatic rings. The largest absolute Gasteiger partial charge is 0.487 e. The molecule has 0 saturated carbocycles. The third kappa shape index (κ3) is 6.03. The zero-order chi connectivity index (χ0) is 31.2. The number of aliphatic hydroxyl groups excluding tert-OH is 1. The van der Waals surface area contributed by atoms with Gasteiger partial charge in [-0.2, -0.15) is 4.31 Å². The number of aromatic nitrogens is 2. The van der Waals surface area contributed by atoms with Crippen molar-refractivity contribution < 1.29 is 36.6 Å². The van der Waals surface area contributed by atoms with Gasteiger partial charge in [0.1, 0.15) is 35.6 Å². The molecule has 1 saturated heterocycles.